The number of nitrogens with zero attached hydrogens (tertiary/aromatic N) is 1. The van der Waals surface area contributed by atoms with Gasteiger partial charge < -0.3 is 5.32 Å². The molecule has 120 valence electrons. The molecule has 2 fully saturated rings. The number of likely N-dealkylation sites (tertiary alicyclic amines) is 1. The van der Waals surface area contributed by atoms with Crippen LogP contribution >= 0.6 is 34.8 Å². The molecule has 6 heteroatoms. The highest BCUT2D eigenvalue weighted by Gasteiger charge is 2.56. The minimum Gasteiger partial charge on any atom is -0.354 e. The van der Waals surface area contributed by atoms with Crippen molar-refractivity contribution in [3.8, 4) is 0 Å². The van der Waals surface area contributed by atoms with Gasteiger partial charge in [0.15, 0.2) is 0 Å². The summed E-state index contributed by atoms with van der Waals surface area (Å²) in [6.45, 7) is 2.65. The number of amides is 1. The molecule has 1 N–H and O–H groups in total. The van der Waals surface area contributed by atoms with E-state index in [1.54, 1.807) is 0 Å². The molecular weight excluding hydrogens is 343 g/mol. The van der Waals surface area contributed by atoms with Crippen molar-refractivity contribution in [3.63, 3.8) is 0 Å². The molecule has 1 aliphatic heterocycles. The highest BCUT2D eigenvalue weighted by atomic mass is 35.5. The fourth-order valence-corrected chi connectivity index (χ4v) is 3.75. The number of alkyl halides is 2. The van der Waals surface area contributed by atoms with Gasteiger partial charge in [-0.25, -0.2) is 0 Å². The van der Waals surface area contributed by atoms with Crippen LogP contribution in [0.5, 0.6) is 0 Å². The first-order chi connectivity index (χ1) is 10.5. The quantitative estimate of drug-likeness (QED) is 0.809. The van der Waals surface area contributed by atoms with E-state index in [-0.39, 0.29) is 17.9 Å². The van der Waals surface area contributed by atoms with Gasteiger partial charge in [0.1, 0.15) is 4.33 Å². The van der Waals surface area contributed by atoms with Gasteiger partial charge in [0.05, 0.1) is 12.0 Å². The van der Waals surface area contributed by atoms with Gasteiger partial charge in [-0.05, 0) is 50.0 Å². The standard InChI is InChI=1S/C16H19Cl3N2O/c17-12-5-3-4-11(8-12)14(21-6-1-2-7-21)10-20-15(22)13-9-16(13,18)19/h3-5,8,13-14H,1-2,6-7,9-10H2,(H,20,22). The Labute approximate surface area is 145 Å². The van der Waals surface area contributed by atoms with E-state index in [4.69, 9.17) is 34.8 Å². The van der Waals surface area contributed by atoms with E-state index in [1.165, 1.54) is 12.8 Å². The molecule has 3 rings (SSSR count). The highest BCUT2D eigenvalue weighted by molar-refractivity contribution is 6.52. The van der Waals surface area contributed by atoms with E-state index in [9.17, 15) is 4.79 Å². The Bertz CT molecular complexity index is 558. The van der Waals surface area contributed by atoms with E-state index in [0.717, 1.165) is 23.7 Å². The van der Waals surface area contributed by atoms with Crippen molar-refractivity contribution in [2.45, 2.75) is 29.6 Å². The van der Waals surface area contributed by atoms with Crippen molar-refractivity contribution in [1.82, 2.24) is 10.2 Å². The zero-order valence-electron chi connectivity index (χ0n) is 12.2. The predicted molar refractivity (Wildman–Crippen MR) is 90.6 cm³/mol. The van der Waals surface area contributed by atoms with E-state index >= 15 is 0 Å². The topological polar surface area (TPSA) is 32.3 Å². The zero-order chi connectivity index (χ0) is 15.7. The smallest absolute Gasteiger partial charge is 0.226 e. The number of carbonyl (C=O) groups excluding carboxylic acids is 1. The third-order valence-electron chi connectivity index (χ3n) is 4.43. The molecule has 1 aromatic rings. The van der Waals surface area contributed by atoms with Gasteiger partial charge >= 0.3 is 0 Å². The summed E-state index contributed by atoms with van der Waals surface area (Å²) in [5.74, 6) is -0.342. The van der Waals surface area contributed by atoms with Crippen LogP contribution in [0.3, 0.4) is 0 Å². The van der Waals surface area contributed by atoms with Crippen molar-refractivity contribution in [3.05, 3.63) is 34.9 Å². The molecule has 1 amide bonds. The first kappa shape index (κ1) is 16.4. The molecule has 0 aromatic heterocycles. The summed E-state index contributed by atoms with van der Waals surface area (Å²) >= 11 is 18.0. The van der Waals surface area contributed by atoms with Crippen LogP contribution in [0.25, 0.3) is 0 Å². The van der Waals surface area contributed by atoms with Crippen LogP contribution in [0.1, 0.15) is 30.9 Å². The van der Waals surface area contributed by atoms with Crippen LogP contribution in [0.15, 0.2) is 24.3 Å². The normalized spacial score (nSPS) is 25.0. The number of hydrogen-bond acceptors (Lipinski definition) is 2. The van der Waals surface area contributed by atoms with Crippen LogP contribution in [0.2, 0.25) is 5.02 Å². The first-order valence-electron chi connectivity index (χ1n) is 7.62. The van der Waals surface area contributed by atoms with Crippen LogP contribution in [0.4, 0.5) is 0 Å². The van der Waals surface area contributed by atoms with Gasteiger partial charge in [0, 0.05) is 11.6 Å². The SMILES string of the molecule is O=C(NCC(c1cccc(Cl)c1)N1CCCC1)C1CC1(Cl)Cl. The monoisotopic (exact) mass is 360 g/mol. The Morgan fingerprint density at radius 1 is 1.36 bits per heavy atom. The number of hydrogen-bond donors (Lipinski definition) is 1. The summed E-state index contributed by atoms with van der Waals surface area (Å²) in [7, 11) is 0. The minimum atomic E-state index is -0.872. The summed E-state index contributed by atoms with van der Waals surface area (Å²) in [5, 5.41) is 3.72. The lowest BCUT2D eigenvalue weighted by molar-refractivity contribution is -0.122. The van der Waals surface area contributed by atoms with E-state index in [0.29, 0.717) is 13.0 Å². The predicted octanol–water partition coefficient (Wildman–Crippen LogP) is 3.79. The summed E-state index contributed by atoms with van der Waals surface area (Å²) in [4.78, 5) is 14.5. The van der Waals surface area contributed by atoms with E-state index in [1.807, 2.05) is 18.2 Å². The summed E-state index contributed by atoms with van der Waals surface area (Å²) < 4.78 is -0.872. The molecule has 0 spiro atoms. The van der Waals surface area contributed by atoms with E-state index < -0.39 is 4.33 Å². The molecule has 3 nitrogen and oxygen atoms in total. The average molecular weight is 362 g/mol. The molecule has 0 radical (unpaired) electrons. The zero-order valence-corrected chi connectivity index (χ0v) is 14.5. The second-order valence-electron chi connectivity index (χ2n) is 6.08. The molecule has 0 bridgehead atoms. The average Bonchev–Trinajstić information content (AvgIpc) is 2.89. The van der Waals surface area contributed by atoms with Crippen molar-refractivity contribution in [1.29, 1.82) is 0 Å². The first-order valence-corrected chi connectivity index (χ1v) is 8.76. The second-order valence-corrected chi connectivity index (χ2v) is 8.06. The molecule has 1 aromatic carbocycles. The number of benzene rings is 1. The third kappa shape index (κ3) is 3.70. The van der Waals surface area contributed by atoms with Crippen molar-refractivity contribution >= 4 is 40.7 Å². The third-order valence-corrected chi connectivity index (χ3v) is 5.50. The minimum absolute atomic E-state index is 0.0591. The molecule has 2 atom stereocenters. The fourth-order valence-electron chi connectivity index (χ4n) is 3.04. The van der Waals surface area contributed by atoms with Crippen LogP contribution in [-0.2, 0) is 4.79 Å². The van der Waals surface area contributed by atoms with Gasteiger partial charge in [0.25, 0.3) is 0 Å². The molecule has 1 saturated carbocycles. The lowest BCUT2D eigenvalue weighted by Gasteiger charge is -2.28. The molecule has 2 unspecified atom stereocenters. The largest absolute Gasteiger partial charge is 0.354 e. The molecule has 1 heterocycles. The van der Waals surface area contributed by atoms with Crippen molar-refractivity contribution in [2.24, 2.45) is 5.92 Å². The van der Waals surface area contributed by atoms with Crippen LogP contribution in [0, 0.1) is 5.92 Å². The van der Waals surface area contributed by atoms with Gasteiger partial charge in [-0.1, -0.05) is 23.7 Å². The number of rotatable bonds is 5. The molecule has 22 heavy (non-hydrogen) atoms. The number of carbonyl (C=O) groups is 1. The van der Waals surface area contributed by atoms with Gasteiger partial charge in [0.2, 0.25) is 5.91 Å². The Morgan fingerprint density at radius 3 is 2.64 bits per heavy atom. The molecule has 2 aliphatic rings. The van der Waals surface area contributed by atoms with Crippen LogP contribution in [-0.4, -0.2) is 34.8 Å². The number of nitrogens with one attached hydrogen (secondary N) is 1. The molecular formula is C16H19Cl3N2O. The van der Waals surface area contributed by atoms with E-state index in [2.05, 4.69) is 16.3 Å². The van der Waals surface area contributed by atoms with Gasteiger partial charge in [-0.15, -0.1) is 23.2 Å². The summed E-state index contributed by atoms with van der Waals surface area (Å²) in [6.07, 6.45) is 2.92. The van der Waals surface area contributed by atoms with Crippen molar-refractivity contribution < 1.29 is 4.79 Å². The Kier molecular flexibility index (Phi) is 4.89. The maximum Gasteiger partial charge on any atom is 0.226 e. The number of halogens is 3. The van der Waals surface area contributed by atoms with Crippen LogP contribution < -0.4 is 5.32 Å². The van der Waals surface area contributed by atoms with Gasteiger partial charge in [-0.2, -0.15) is 0 Å². The Hall–Kier alpha value is -0.480. The summed E-state index contributed by atoms with van der Waals surface area (Å²) in [5.41, 5.74) is 1.13. The van der Waals surface area contributed by atoms with Gasteiger partial charge in [-0.3, -0.25) is 9.69 Å². The molecule has 1 saturated heterocycles. The Morgan fingerprint density at radius 2 is 2.05 bits per heavy atom. The van der Waals surface area contributed by atoms with Crippen molar-refractivity contribution in [2.75, 3.05) is 19.6 Å². The highest BCUT2D eigenvalue weighted by Crippen LogP contribution is 2.53. The second kappa shape index (κ2) is 6.56. The Balaban J connectivity index is 1.68. The molecule has 1 aliphatic carbocycles. The summed E-state index contributed by atoms with van der Waals surface area (Å²) in [6, 6.07) is 7.99. The maximum absolute atomic E-state index is 12.1. The maximum atomic E-state index is 12.1. The lowest BCUT2D eigenvalue weighted by atomic mass is 10.1. The lowest BCUT2D eigenvalue weighted by Crippen LogP contribution is -2.37. The fraction of sp³-hybridized carbons (Fsp3) is 0.562.